The van der Waals surface area contributed by atoms with E-state index in [1.807, 2.05) is 60.7 Å². The first-order valence-corrected chi connectivity index (χ1v) is 8.19. The molecule has 0 atom stereocenters. The first-order valence-electron chi connectivity index (χ1n) is 7.81. The Kier molecular flexibility index (Phi) is 4.00. The van der Waals surface area contributed by atoms with Gasteiger partial charge in [-0.25, -0.2) is 4.98 Å². The summed E-state index contributed by atoms with van der Waals surface area (Å²) in [6, 6.07) is 22.3. The number of benzene rings is 2. The van der Waals surface area contributed by atoms with E-state index in [4.69, 9.17) is 21.0 Å². The molecule has 0 aliphatic carbocycles. The molecule has 0 amide bonds. The van der Waals surface area contributed by atoms with Crippen molar-refractivity contribution in [3.05, 3.63) is 84.1 Å². The normalized spacial score (nSPS) is 10.8. The van der Waals surface area contributed by atoms with Gasteiger partial charge in [-0.15, -0.1) is 0 Å². The smallest absolute Gasteiger partial charge is 0.134 e. The summed E-state index contributed by atoms with van der Waals surface area (Å²) in [7, 11) is 0. The molecule has 0 saturated carbocycles. The standard InChI is InChI=1S/C21H14ClNO2/c22-18-5-2-1-4-17(18)20-13-15(21-6-3-11-25-21)12-19(23-20)14-7-9-16(24)10-8-14/h1-13,24H. The zero-order chi connectivity index (χ0) is 17.2. The van der Waals surface area contributed by atoms with E-state index in [0.29, 0.717) is 5.02 Å². The van der Waals surface area contributed by atoms with E-state index in [-0.39, 0.29) is 5.75 Å². The van der Waals surface area contributed by atoms with Gasteiger partial charge in [0, 0.05) is 21.7 Å². The molecule has 0 aliphatic heterocycles. The Morgan fingerprint density at radius 2 is 1.56 bits per heavy atom. The first kappa shape index (κ1) is 15.5. The molecule has 0 saturated heterocycles. The number of phenolic OH excluding ortho intramolecular Hbond substituents is 1. The number of hydrogen-bond donors (Lipinski definition) is 1. The maximum absolute atomic E-state index is 9.52. The minimum Gasteiger partial charge on any atom is -0.508 e. The van der Waals surface area contributed by atoms with Crippen LogP contribution in [0, 0.1) is 0 Å². The average molecular weight is 348 g/mol. The second kappa shape index (κ2) is 6.46. The molecule has 2 heterocycles. The van der Waals surface area contributed by atoms with Gasteiger partial charge in [0.05, 0.1) is 17.7 Å². The Hall–Kier alpha value is -3.04. The van der Waals surface area contributed by atoms with E-state index in [2.05, 4.69) is 0 Å². The highest BCUT2D eigenvalue weighted by Gasteiger charge is 2.12. The van der Waals surface area contributed by atoms with Crippen molar-refractivity contribution >= 4 is 11.6 Å². The predicted octanol–water partition coefficient (Wildman–Crippen LogP) is 6.03. The topological polar surface area (TPSA) is 46.3 Å². The number of rotatable bonds is 3. The molecule has 0 fully saturated rings. The molecular formula is C21H14ClNO2. The molecule has 3 nitrogen and oxygen atoms in total. The molecule has 25 heavy (non-hydrogen) atoms. The number of furan rings is 1. The summed E-state index contributed by atoms with van der Waals surface area (Å²) in [4.78, 5) is 4.77. The lowest BCUT2D eigenvalue weighted by Crippen LogP contribution is -1.91. The number of aromatic hydroxyl groups is 1. The lowest BCUT2D eigenvalue weighted by Gasteiger charge is -2.10. The highest BCUT2D eigenvalue weighted by Crippen LogP contribution is 2.33. The van der Waals surface area contributed by atoms with E-state index in [0.717, 1.165) is 33.8 Å². The summed E-state index contributed by atoms with van der Waals surface area (Å²) in [5.41, 5.74) is 4.22. The van der Waals surface area contributed by atoms with Gasteiger partial charge in [-0.2, -0.15) is 0 Å². The molecule has 0 bridgehead atoms. The predicted molar refractivity (Wildman–Crippen MR) is 99.5 cm³/mol. The van der Waals surface area contributed by atoms with Gasteiger partial charge in [-0.1, -0.05) is 29.8 Å². The van der Waals surface area contributed by atoms with Crippen LogP contribution in [0.1, 0.15) is 0 Å². The van der Waals surface area contributed by atoms with Crippen molar-refractivity contribution in [3.63, 3.8) is 0 Å². The summed E-state index contributed by atoms with van der Waals surface area (Å²) in [5.74, 6) is 0.980. The molecule has 0 spiro atoms. The molecule has 0 aliphatic rings. The van der Waals surface area contributed by atoms with Crippen LogP contribution in [-0.2, 0) is 0 Å². The lowest BCUT2D eigenvalue weighted by molar-refractivity contribution is 0.475. The number of hydrogen-bond acceptors (Lipinski definition) is 3. The Morgan fingerprint density at radius 3 is 2.28 bits per heavy atom. The third kappa shape index (κ3) is 3.14. The molecule has 122 valence electrons. The van der Waals surface area contributed by atoms with Crippen molar-refractivity contribution in [2.45, 2.75) is 0 Å². The first-order chi connectivity index (χ1) is 12.2. The second-order valence-corrected chi connectivity index (χ2v) is 6.04. The third-order valence-electron chi connectivity index (χ3n) is 3.94. The van der Waals surface area contributed by atoms with Crippen LogP contribution in [0.15, 0.2) is 83.5 Å². The van der Waals surface area contributed by atoms with Gasteiger partial charge in [0.25, 0.3) is 0 Å². The summed E-state index contributed by atoms with van der Waals surface area (Å²) in [5, 5.41) is 10.2. The molecular weight excluding hydrogens is 334 g/mol. The van der Waals surface area contributed by atoms with Crippen molar-refractivity contribution in [2.75, 3.05) is 0 Å². The SMILES string of the molecule is Oc1ccc(-c2cc(-c3ccco3)cc(-c3ccccc3Cl)n2)cc1. The Balaban J connectivity index is 1.92. The second-order valence-electron chi connectivity index (χ2n) is 5.63. The van der Waals surface area contributed by atoms with Gasteiger partial charge in [0.1, 0.15) is 11.5 Å². The van der Waals surface area contributed by atoms with Gasteiger partial charge in [-0.05, 0) is 54.6 Å². The maximum atomic E-state index is 9.52. The Morgan fingerprint density at radius 1 is 0.800 bits per heavy atom. The van der Waals surface area contributed by atoms with Crippen molar-refractivity contribution < 1.29 is 9.52 Å². The largest absolute Gasteiger partial charge is 0.508 e. The number of pyridine rings is 1. The zero-order valence-electron chi connectivity index (χ0n) is 13.2. The van der Waals surface area contributed by atoms with E-state index in [1.54, 1.807) is 18.4 Å². The van der Waals surface area contributed by atoms with Crippen LogP contribution >= 0.6 is 11.6 Å². The van der Waals surface area contributed by atoms with E-state index in [9.17, 15) is 5.11 Å². The number of nitrogens with zero attached hydrogens (tertiary/aromatic N) is 1. The molecule has 4 aromatic rings. The highest BCUT2D eigenvalue weighted by molar-refractivity contribution is 6.33. The minimum absolute atomic E-state index is 0.220. The fourth-order valence-corrected chi connectivity index (χ4v) is 2.94. The maximum Gasteiger partial charge on any atom is 0.134 e. The quantitative estimate of drug-likeness (QED) is 0.491. The molecule has 0 radical (unpaired) electrons. The van der Waals surface area contributed by atoms with Crippen LogP contribution in [0.4, 0.5) is 0 Å². The van der Waals surface area contributed by atoms with E-state index in [1.165, 1.54) is 0 Å². The average Bonchev–Trinajstić information content (AvgIpc) is 3.17. The number of phenols is 1. The van der Waals surface area contributed by atoms with Crippen LogP contribution in [0.25, 0.3) is 33.8 Å². The van der Waals surface area contributed by atoms with Crippen LogP contribution in [-0.4, -0.2) is 10.1 Å². The number of halogens is 1. The van der Waals surface area contributed by atoms with E-state index >= 15 is 0 Å². The minimum atomic E-state index is 0.220. The Bertz CT molecular complexity index is 1010. The summed E-state index contributed by atoms with van der Waals surface area (Å²) >= 11 is 6.36. The van der Waals surface area contributed by atoms with Crippen molar-refractivity contribution in [1.82, 2.24) is 4.98 Å². The molecule has 4 heteroatoms. The van der Waals surface area contributed by atoms with Crippen LogP contribution in [0.5, 0.6) is 5.75 Å². The van der Waals surface area contributed by atoms with Crippen LogP contribution in [0.3, 0.4) is 0 Å². The van der Waals surface area contributed by atoms with Gasteiger partial charge in [-0.3, -0.25) is 0 Å². The van der Waals surface area contributed by atoms with Gasteiger partial charge < -0.3 is 9.52 Å². The summed E-state index contributed by atoms with van der Waals surface area (Å²) < 4.78 is 5.55. The fraction of sp³-hybridized carbons (Fsp3) is 0. The molecule has 1 N–H and O–H groups in total. The highest BCUT2D eigenvalue weighted by atomic mass is 35.5. The third-order valence-corrected chi connectivity index (χ3v) is 4.27. The molecule has 2 aromatic carbocycles. The lowest BCUT2D eigenvalue weighted by atomic mass is 10.0. The van der Waals surface area contributed by atoms with Crippen molar-refractivity contribution in [2.24, 2.45) is 0 Å². The molecule has 4 rings (SSSR count). The van der Waals surface area contributed by atoms with E-state index < -0.39 is 0 Å². The van der Waals surface area contributed by atoms with Crippen molar-refractivity contribution in [3.8, 4) is 39.6 Å². The molecule has 0 unspecified atom stereocenters. The fourth-order valence-electron chi connectivity index (χ4n) is 2.70. The van der Waals surface area contributed by atoms with Gasteiger partial charge >= 0.3 is 0 Å². The van der Waals surface area contributed by atoms with Crippen LogP contribution in [0.2, 0.25) is 5.02 Å². The molecule has 2 aromatic heterocycles. The summed E-state index contributed by atoms with van der Waals surface area (Å²) in [6.45, 7) is 0. The zero-order valence-corrected chi connectivity index (χ0v) is 13.9. The van der Waals surface area contributed by atoms with Gasteiger partial charge in [0.2, 0.25) is 0 Å². The Labute approximate surface area is 150 Å². The van der Waals surface area contributed by atoms with Crippen LogP contribution < -0.4 is 0 Å². The summed E-state index contributed by atoms with van der Waals surface area (Å²) in [6.07, 6.45) is 1.64. The monoisotopic (exact) mass is 347 g/mol. The van der Waals surface area contributed by atoms with Gasteiger partial charge in [0.15, 0.2) is 0 Å². The van der Waals surface area contributed by atoms with Crippen molar-refractivity contribution in [1.29, 1.82) is 0 Å². The number of aromatic nitrogens is 1.